The van der Waals surface area contributed by atoms with E-state index in [0.717, 1.165) is 10.5 Å². The van der Waals surface area contributed by atoms with Gasteiger partial charge in [-0.15, -0.1) is 0 Å². The topological polar surface area (TPSA) is 95.6 Å². The maximum atomic E-state index is 12.6. The number of fused-ring (bicyclic) bond motifs is 1. The Kier molecular flexibility index (Phi) is 6.24. The lowest BCUT2D eigenvalue weighted by molar-refractivity contribution is -0.115. The number of aryl methyl sites for hydroxylation is 1. The maximum Gasteiger partial charge on any atom is 0.261 e. The summed E-state index contributed by atoms with van der Waals surface area (Å²) < 4.78 is 0. The van der Waals surface area contributed by atoms with E-state index in [4.69, 9.17) is 11.6 Å². The van der Waals surface area contributed by atoms with Crippen LogP contribution in [0.25, 0.3) is 0 Å². The smallest absolute Gasteiger partial charge is 0.261 e. The van der Waals surface area contributed by atoms with Gasteiger partial charge in [0.1, 0.15) is 0 Å². The Morgan fingerprint density at radius 1 is 0.909 bits per heavy atom. The van der Waals surface area contributed by atoms with Crippen LogP contribution in [-0.4, -0.2) is 35.1 Å². The van der Waals surface area contributed by atoms with E-state index in [1.165, 1.54) is 0 Å². The predicted molar refractivity (Wildman–Crippen MR) is 124 cm³/mol. The quantitative estimate of drug-likeness (QED) is 0.545. The average molecular weight is 462 g/mol. The highest BCUT2D eigenvalue weighted by Gasteiger charge is 2.35. The number of anilines is 1. The van der Waals surface area contributed by atoms with Crippen molar-refractivity contribution in [3.63, 3.8) is 0 Å². The molecule has 1 heterocycles. The number of imide groups is 1. The summed E-state index contributed by atoms with van der Waals surface area (Å²) in [6.45, 7) is 1.69. The molecule has 0 fully saturated rings. The molecular formula is C25H20ClN3O4. The monoisotopic (exact) mass is 461 g/mol. The largest absolute Gasteiger partial charge is 0.343 e. The highest BCUT2D eigenvalue weighted by molar-refractivity contribution is 6.33. The molecule has 3 aromatic rings. The number of nitrogens with zero attached hydrogens (tertiary/aromatic N) is 1. The molecule has 0 aromatic heterocycles. The van der Waals surface area contributed by atoms with Crippen LogP contribution in [0.1, 0.15) is 42.2 Å². The molecule has 0 aliphatic carbocycles. The van der Waals surface area contributed by atoms with Crippen LogP contribution in [0.5, 0.6) is 0 Å². The molecule has 4 amide bonds. The number of hydrogen-bond donors (Lipinski definition) is 2. The molecule has 0 saturated heterocycles. The summed E-state index contributed by atoms with van der Waals surface area (Å²) >= 11 is 6.12. The second-order valence-electron chi connectivity index (χ2n) is 7.66. The third-order valence-corrected chi connectivity index (χ3v) is 5.53. The van der Waals surface area contributed by atoms with Crippen LogP contribution >= 0.6 is 11.6 Å². The number of rotatable bonds is 6. The number of carbonyl (C=O) groups excluding carboxylic acids is 4. The molecule has 0 bridgehead atoms. The van der Waals surface area contributed by atoms with Gasteiger partial charge in [-0.3, -0.25) is 24.1 Å². The minimum Gasteiger partial charge on any atom is -0.343 e. The Hall–Kier alpha value is -3.97. The van der Waals surface area contributed by atoms with Crippen LogP contribution in [0, 0.1) is 6.92 Å². The van der Waals surface area contributed by atoms with Gasteiger partial charge in [-0.2, -0.15) is 0 Å². The van der Waals surface area contributed by atoms with Gasteiger partial charge in [0.2, 0.25) is 5.91 Å². The predicted octanol–water partition coefficient (Wildman–Crippen LogP) is 3.81. The summed E-state index contributed by atoms with van der Waals surface area (Å²) in [5.41, 5.74) is 3.10. The number of benzene rings is 3. The lowest BCUT2D eigenvalue weighted by atomic mass is 10.1. The van der Waals surface area contributed by atoms with Crippen LogP contribution in [0.15, 0.2) is 66.7 Å². The number of amides is 4. The van der Waals surface area contributed by atoms with E-state index in [1.54, 1.807) is 60.7 Å². The van der Waals surface area contributed by atoms with Crippen molar-refractivity contribution in [2.75, 3.05) is 11.9 Å². The van der Waals surface area contributed by atoms with Gasteiger partial charge in [0.25, 0.3) is 17.7 Å². The third-order valence-electron chi connectivity index (χ3n) is 5.22. The molecule has 0 unspecified atom stereocenters. The summed E-state index contributed by atoms with van der Waals surface area (Å²) in [7, 11) is 0. The third kappa shape index (κ3) is 4.78. The van der Waals surface area contributed by atoms with E-state index in [1.807, 2.05) is 13.0 Å². The van der Waals surface area contributed by atoms with Crippen molar-refractivity contribution in [2.24, 2.45) is 0 Å². The van der Waals surface area contributed by atoms with Crippen LogP contribution < -0.4 is 10.6 Å². The Morgan fingerprint density at radius 2 is 1.61 bits per heavy atom. The van der Waals surface area contributed by atoms with Gasteiger partial charge in [0.15, 0.2) is 0 Å². The molecule has 1 aliphatic rings. The molecule has 3 aromatic carbocycles. The first kappa shape index (κ1) is 22.2. The number of halogens is 1. The van der Waals surface area contributed by atoms with Gasteiger partial charge in [-0.25, -0.2) is 0 Å². The van der Waals surface area contributed by atoms with E-state index in [0.29, 0.717) is 33.0 Å². The first-order valence-corrected chi connectivity index (χ1v) is 10.6. The first-order chi connectivity index (χ1) is 15.8. The zero-order chi connectivity index (χ0) is 23.5. The summed E-state index contributed by atoms with van der Waals surface area (Å²) in [4.78, 5) is 51.0. The number of nitrogens with one attached hydrogen (secondary N) is 2. The zero-order valence-electron chi connectivity index (χ0n) is 17.7. The van der Waals surface area contributed by atoms with Gasteiger partial charge in [0.05, 0.1) is 34.9 Å². The van der Waals surface area contributed by atoms with E-state index < -0.39 is 11.8 Å². The normalized spacial score (nSPS) is 12.5. The fourth-order valence-electron chi connectivity index (χ4n) is 3.55. The molecule has 1 aliphatic heterocycles. The summed E-state index contributed by atoms with van der Waals surface area (Å²) in [5.74, 6) is -1.60. The summed E-state index contributed by atoms with van der Waals surface area (Å²) in [6.07, 6.45) is 0. The summed E-state index contributed by atoms with van der Waals surface area (Å²) in [5, 5.41) is 5.63. The zero-order valence-corrected chi connectivity index (χ0v) is 18.5. The van der Waals surface area contributed by atoms with Crippen molar-refractivity contribution in [1.29, 1.82) is 0 Å². The van der Waals surface area contributed by atoms with Crippen molar-refractivity contribution in [2.45, 2.75) is 13.5 Å². The van der Waals surface area contributed by atoms with Gasteiger partial charge >= 0.3 is 0 Å². The number of hydrogen-bond acceptors (Lipinski definition) is 4. The SMILES string of the molecule is Cc1ccc(NC(=O)CNC(=O)c2cccc(CN3C(=O)c4ccccc4C3=O)c2)c(Cl)c1. The molecule has 7 nitrogen and oxygen atoms in total. The molecule has 0 atom stereocenters. The lowest BCUT2D eigenvalue weighted by Gasteiger charge is -2.14. The molecular weight excluding hydrogens is 442 g/mol. The minimum atomic E-state index is -0.454. The molecule has 2 N–H and O–H groups in total. The molecule has 0 radical (unpaired) electrons. The standard InChI is InChI=1S/C25H20ClN3O4/c1-15-9-10-21(20(26)11-15)28-22(30)13-27-23(31)17-6-4-5-16(12-17)14-29-24(32)18-7-2-3-8-19(18)25(29)33/h2-12H,13-14H2,1H3,(H,27,31)(H,28,30). The minimum absolute atomic E-state index is 0.0415. The Labute approximate surface area is 195 Å². The van der Waals surface area contributed by atoms with Crippen LogP contribution in [0.2, 0.25) is 5.02 Å². The molecule has 8 heteroatoms. The van der Waals surface area contributed by atoms with Gasteiger partial charge < -0.3 is 10.6 Å². The fourth-order valence-corrected chi connectivity index (χ4v) is 3.84. The van der Waals surface area contributed by atoms with Crippen LogP contribution in [-0.2, 0) is 11.3 Å². The molecule has 33 heavy (non-hydrogen) atoms. The lowest BCUT2D eigenvalue weighted by Crippen LogP contribution is -2.33. The van der Waals surface area contributed by atoms with Crippen molar-refractivity contribution in [1.82, 2.24) is 10.2 Å². The second-order valence-corrected chi connectivity index (χ2v) is 8.06. The van der Waals surface area contributed by atoms with E-state index in [-0.39, 0.29) is 24.9 Å². The fraction of sp³-hybridized carbons (Fsp3) is 0.120. The Balaban J connectivity index is 1.37. The Morgan fingerprint density at radius 3 is 2.27 bits per heavy atom. The van der Waals surface area contributed by atoms with Gasteiger partial charge in [-0.05, 0) is 54.4 Å². The highest BCUT2D eigenvalue weighted by atomic mass is 35.5. The molecule has 0 spiro atoms. The Bertz CT molecular complexity index is 1250. The first-order valence-electron chi connectivity index (χ1n) is 10.2. The van der Waals surface area contributed by atoms with E-state index in [2.05, 4.69) is 10.6 Å². The second kappa shape index (κ2) is 9.26. The van der Waals surface area contributed by atoms with E-state index in [9.17, 15) is 19.2 Å². The molecule has 4 rings (SSSR count). The van der Waals surface area contributed by atoms with Crippen LogP contribution in [0.3, 0.4) is 0 Å². The van der Waals surface area contributed by atoms with Gasteiger partial charge in [0, 0.05) is 5.56 Å². The molecule has 166 valence electrons. The average Bonchev–Trinajstić information content (AvgIpc) is 3.04. The van der Waals surface area contributed by atoms with Gasteiger partial charge in [-0.1, -0.05) is 41.9 Å². The van der Waals surface area contributed by atoms with Crippen molar-refractivity contribution < 1.29 is 19.2 Å². The summed E-state index contributed by atoms with van der Waals surface area (Å²) in [6, 6.07) is 18.5. The van der Waals surface area contributed by atoms with Crippen molar-refractivity contribution in [3.8, 4) is 0 Å². The van der Waals surface area contributed by atoms with Crippen molar-refractivity contribution in [3.05, 3.63) is 99.6 Å². The maximum absolute atomic E-state index is 12.6. The van der Waals surface area contributed by atoms with E-state index >= 15 is 0 Å². The highest BCUT2D eigenvalue weighted by Crippen LogP contribution is 2.25. The number of carbonyl (C=O) groups is 4. The van der Waals surface area contributed by atoms with Crippen LogP contribution in [0.4, 0.5) is 5.69 Å². The molecule has 0 saturated carbocycles. The van der Waals surface area contributed by atoms with Crippen molar-refractivity contribution >= 4 is 40.9 Å².